The van der Waals surface area contributed by atoms with Crippen LogP contribution in [0, 0.1) is 30.1 Å². The summed E-state index contributed by atoms with van der Waals surface area (Å²) in [5.41, 5.74) is 6.20. The minimum Gasteiger partial charge on any atom is -0.466 e. The number of rotatable bonds is 20. The molecule has 6 atom stereocenters. The number of thiocarbonyl (C=S) groups is 2. The van der Waals surface area contributed by atoms with Gasteiger partial charge in [0.05, 0.1) is 33.2 Å². The standard InChI is InChI=1S/C52H60Cl2N9O9PS2/c1-28-19-56-43-37(71-49(75)61(5)14-13-60(4)48(74)70-23-30-8-10-33(11-9-30)59-45(65)34(58-27-64)7-6-12-55-3)15-35-41(39(28)43)31(17-53)21-62(35)46(66)50-24-51(26-52(50,51)25-50)47(67)63-22-32(18-54)42-36(63)16-38(72-73(68)69)44-40(42)29(2)20-57-44/h8-11,15-16,19-20,27,31-32,34,55-57,68-69H,6-7,12-14,17-18,21-26H2,1-5H3,(H,58,64)(H,59,65). The van der Waals surface area contributed by atoms with Crippen LogP contribution in [0.1, 0.15) is 71.8 Å². The van der Waals surface area contributed by atoms with Crippen molar-refractivity contribution in [2.24, 2.45) is 16.2 Å². The minimum atomic E-state index is -2.72. The Morgan fingerprint density at radius 1 is 0.867 bits per heavy atom. The second kappa shape index (κ2) is 20.6. The Hall–Kier alpha value is -5.31. The Labute approximate surface area is 456 Å². The number of likely N-dealkylation sites (N-methyl/N-ethyl adjacent to an activating group) is 2. The van der Waals surface area contributed by atoms with Crippen molar-refractivity contribution in [1.82, 2.24) is 30.4 Å². The zero-order valence-electron chi connectivity index (χ0n) is 42.2. The van der Waals surface area contributed by atoms with Crippen LogP contribution >= 0.6 is 56.2 Å². The number of amides is 4. The quantitative estimate of drug-likeness (QED) is 0.0136. The molecule has 5 aliphatic rings. The number of nitrogens with zero attached hydrogens (tertiary/aromatic N) is 4. The van der Waals surface area contributed by atoms with Gasteiger partial charge in [-0.2, -0.15) is 0 Å². The van der Waals surface area contributed by atoms with Crippen molar-refractivity contribution in [3.8, 4) is 11.5 Å². The molecule has 2 aromatic heterocycles. The third kappa shape index (κ3) is 8.96. The fourth-order valence-corrected chi connectivity index (χ4v) is 13.6. The number of aryl methyl sites for hydroxylation is 2. The molecular formula is C52H60Cl2N9O9PS2. The van der Waals surface area contributed by atoms with Gasteiger partial charge in [0.25, 0.3) is 10.3 Å². The highest BCUT2D eigenvalue weighted by Crippen LogP contribution is 3.01. The van der Waals surface area contributed by atoms with Gasteiger partial charge in [0.15, 0.2) is 11.5 Å². The third-order valence-electron chi connectivity index (χ3n) is 16.4. The average Bonchev–Trinajstić information content (AvgIpc) is 3.74. The van der Waals surface area contributed by atoms with E-state index in [1.165, 1.54) is 0 Å². The van der Waals surface area contributed by atoms with Gasteiger partial charge in [0.1, 0.15) is 12.6 Å². The summed E-state index contributed by atoms with van der Waals surface area (Å²) in [6.45, 7) is 6.57. The van der Waals surface area contributed by atoms with Gasteiger partial charge in [-0.1, -0.05) is 12.1 Å². The van der Waals surface area contributed by atoms with E-state index in [1.807, 2.05) is 75.4 Å². The number of benzene rings is 3. The Morgan fingerprint density at radius 2 is 1.41 bits per heavy atom. The van der Waals surface area contributed by atoms with E-state index in [1.54, 1.807) is 28.0 Å². The molecule has 398 valence electrons. The normalized spacial score (nSPS) is 22.9. The van der Waals surface area contributed by atoms with Gasteiger partial charge in [-0.25, -0.2) is 0 Å². The minimum absolute atomic E-state index is 0.00750. The molecule has 3 saturated carbocycles. The highest BCUT2D eigenvalue weighted by molar-refractivity contribution is 7.80. The lowest BCUT2D eigenvalue weighted by molar-refractivity contribution is -0.134. The highest BCUT2D eigenvalue weighted by Gasteiger charge is 3.01. The van der Waals surface area contributed by atoms with Crippen LogP contribution in [0.25, 0.3) is 21.8 Å². The summed E-state index contributed by atoms with van der Waals surface area (Å²) in [6, 6.07) is 10.2. The second-order valence-electron chi connectivity index (χ2n) is 20.7. The van der Waals surface area contributed by atoms with Gasteiger partial charge in [-0.05, 0) is 124 Å². The van der Waals surface area contributed by atoms with Crippen LogP contribution in [-0.2, 0) is 30.5 Å². The van der Waals surface area contributed by atoms with Crippen molar-refractivity contribution in [1.29, 1.82) is 0 Å². The molecule has 3 aromatic carbocycles. The van der Waals surface area contributed by atoms with Crippen molar-refractivity contribution in [3.63, 3.8) is 0 Å². The molecule has 10 rings (SSSR count). The summed E-state index contributed by atoms with van der Waals surface area (Å²) in [4.78, 5) is 87.4. The number of H-pyrrole nitrogens is 2. The second-order valence-corrected chi connectivity index (χ2v) is 22.8. The van der Waals surface area contributed by atoms with Crippen LogP contribution in [0.3, 0.4) is 0 Å². The predicted octanol–water partition coefficient (Wildman–Crippen LogP) is 7.15. The zero-order chi connectivity index (χ0) is 53.3. The molecule has 18 nitrogen and oxygen atoms in total. The molecule has 3 fully saturated rings. The number of aromatic nitrogens is 2. The first-order valence-electron chi connectivity index (χ1n) is 24.9. The van der Waals surface area contributed by atoms with Gasteiger partial charge < -0.3 is 69.3 Å². The third-order valence-corrected chi connectivity index (χ3v) is 18.3. The fourth-order valence-electron chi connectivity index (χ4n) is 12.5. The van der Waals surface area contributed by atoms with E-state index in [4.69, 9.17) is 61.6 Å². The van der Waals surface area contributed by atoms with Gasteiger partial charge in [0, 0.05) is 110 Å². The number of hydrogen-bond donors (Lipinski definition) is 7. The topological polar surface area (TPSA) is 217 Å². The number of hydrogen-bond acceptors (Lipinski definition) is 12. The molecule has 5 aromatic rings. The first kappa shape index (κ1) is 53.1. The Kier molecular flexibility index (Phi) is 14.6. The maximum absolute atomic E-state index is 15.1. The van der Waals surface area contributed by atoms with E-state index in [2.05, 4.69) is 25.9 Å². The van der Waals surface area contributed by atoms with Gasteiger partial charge in [0.2, 0.25) is 24.1 Å². The number of ether oxygens (including phenoxy) is 2. The molecule has 3 aliphatic carbocycles. The van der Waals surface area contributed by atoms with Crippen molar-refractivity contribution >= 4 is 130 Å². The van der Waals surface area contributed by atoms with Gasteiger partial charge >= 0.3 is 8.60 Å². The van der Waals surface area contributed by atoms with Crippen molar-refractivity contribution < 1.29 is 43.0 Å². The summed E-state index contributed by atoms with van der Waals surface area (Å²) in [5.74, 6) is 0.681. The Bertz CT molecular complexity index is 3140. The maximum Gasteiger partial charge on any atom is 0.391 e. The number of fused-ring (bicyclic) bond motifs is 6. The molecule has 0 radical (unpaired) electrons. The first-order valence-corrected chi connectivity index (χ1v) is 28.0. The molecule has 2 aliphatic heterocycles. The molecule has 23 heteroatoms. The number of nitrogens with one attached hydrogen (secondary N) is 5. The van der Waals surface area contributed by atoms with Crippen LogP contribution in [0.15, 0.2) is 48.8 Å². The van der Waals surface area contributed by atoms with E-state index < -0.39 is 30.9 Å². The number of halogens is 2. The van der Waals surface area contributed by atoms with Crippen molar-refractivity contribution in [2.45, 2.75) is 70.4 Å². The number of alkyl halides is 2. The van der Waals surface area contributed by atoms with Crippen LogP contribution in [0.4, 0.5) is 17.1 Å². The molecule has 6 unspecified atom stereocenters. The molecule has 75 heavy (non-hydrogen) atoms. The lowest BCUT2D eigenvalue weighted by Gasteiger charge is -2.37. The van der Waals surface area contributed by atoms with E-state index >= 15 is 4.79 Å². The number of aromatic amines is 2. The van der Waals surface area contributed by atoms with E-state index in [0.29, 0.717) is 86.8 Å². The van der Waals surface area contributed by atoms with E-state index in [0.717, 1.165) is 62.8 Å². The lowest BCUT2D eigenvalue weighted by atomic mass is 9.72. The molecule has 0 saturated heterocycles. The molecule has 4 amide bonds. The zero-order valence-corrected chi connectivity index (χ0v) is 46.2. The Morgan fingerprint density at radius 3 is 1.93 bits per heavy atom. The molecular weight excluding hydrogens is 1060 g/mol. The van der Waals surface area contributed by atoms with Crippen LogP contribution in [0.2, 0.25) is 0 Å². The molecule has 0 bridgehead atoms. The van der Waals surface area contributed by atoms with E-state index in [-0.39, 0.29) is 58.1 Å². The molecule has 1 spiro atoms. The first-order chi connectivity index (χ1) is 36.0. The Balaban J connectivity index is 0.782. The van der Waals surface area contributed by atoms with Crippen LogP contribution in [-0.4, -0.2) is 136 Å². The summed E-state index contributed by atoms with van der Waals surface area (Å²) in [6.07, 6.45) is 7.19. The summed E-state index contributed by atoms with van der Waals surface area (Å²) < 4.78 is 17.9. The predicted molar refractivity (Wildman–Crippen MR) is 298 cm³/mol. The SMILES string of the molecule is CNCCCC(NC=O)C(=O)Nc1ccc(COC(=S)N(C)CCN(C)C(=S)Oc2cc3c(c4c(C)c[nH]c24)C(CCl)CN3C(=O)C23CC4(C(=O)N5CC(CCl)c6c5cc(OP(O)O)c5[nH]cc(C)c65)CC24C3)cc1. The largest absolute Gasteiger partial charge is 0.466 e. The number of carbonyl (C=O) groups is 4. The van der Waals surface area contributed by atoms with Gasteiger partial charge in [-0.15, -0.1) is 23.2 Å². The molecule has 4 heterocycles. The van der Waals surface area contributed by atoms with Crippen molar-refractivity contribution in [2.75, 3.05) is 80.7 Å². The van der Waals surface area contributed by atoms with Crippen LogP contribution < -0.4 is 35.0 Å². The van der Waals surface area contributed by atoms with Crippen LogP contribution in [0.5, 0.6) is 11.5 Å². The van der Waals surface area contributed by atoms with E-state index in [9.17, 15) is 24.2 Å². The lowest BCUT2D eigenvalue weighted by Crippen LogP contribution is -2.49. The number of anilines is 3. The highest BCUT2D eigenvalue weighted by atomic mass is 35.5. The monoisotopic (exact) mass is 1120 g/mol. The van der Waals surface area contributed by atoms with Crippen molar-refractivity contribution in [3.05, 3.63) is 76.6 Å². The summed E-state index contributed by atoms with van der Waals surface area (Å²) in [7, 11) is 2.78. The number of carbonyl (C=O) groups excluding carboxylic acids is 4. The maximum atomic E-state index is 15.1. The smallest absolute Gasteiger partial charge is 0.391 e. The molecule has 7 N–H and O–H groups in total. The van der Waals surface area contributed by atoms with Gasteiger partial charge in [-0.3, -0.25) is 19.2 Å². The average molecular weight is 1120 g/mol. The summed E-state index contributed by atoms with van der Waals surface area (Å²) in [5, 5.41) is 10.8. The summed E-state index contributed by atoms with van der Waals surface area (Å²) >= 11 is 24.8. The fraction of sp³-hybridized carbons (Fsp3) is 0.462.